The van der Waals surface area contributed by atoms with E-state index in [-0.39, 0.29) is 18.0 Å². The number of hydrogen-bond acceptors (Lipinski definition) is 3. The van der Waals surface area contributed by atoms with Crippen molar-refractivity contribution < 1.29 is 9.13 Å². The van der Waals surface area contributed by atoms with Gasteiger partial charge in [-0.15, -0.1) is 0 Å². The largest absolute Gasteiger partial charge is 0.490 e. The summed E-state index contributed by atoms with van der Waals surface area (Å²) in [4.78, 5) is 0. The Bertz CT molecular complexity index is 343. The second kappa shape index (κ2) is 3.55. The number of halogens is 1. The maximum Gasteiger partial charge on any atom is 0.124 e. The van der Waals surface area contributed by atoms with E-state index in [2.05, 4.69) is 5.43 Å². The van der Waals surface area contributed by atoms with Crippen molar-refractivity contribution in [2.24, 2.45) is 5.84 Å². The number of ether oxygens (including phenoxy) is 1. The van der Waals surface area contributed by atoms with Gasteiger partial charge >= 0.3 is 0 Å². The molecule has 0 aliphatic carbocycles. The van der Waals surface area contributed by atoms with Crippen LogP contribution >= 0.6 is 0 Å². The molecule has 1 aliphatic rings. The number of fused-ring (bicyclic) bond motifs is 1. The Morgan fingerprint density at radius 3 is 3.07 bits per heavy atom. The highest BCUT2D eigenvalue weighted by Crippen LogP contribution is 2.34. The Morgan fingerprint density at radius 1 is 1.57 bits per heavy atom. The lowest BCUT2D eigenvalue weighted by Gasteiger charge is -2.29. The van der Waals surface area contributed by atoms with Crippen LogP contribution in [-0.4, -0.2) is 6.10 Å². The first kappa shape index (κ1) is 9.43. The summed E-state index contributed by atoms with van der Waals surface area (Å²) >= 11 is 0. The summed E-state index contributed by atoms with van der Waals surface area (Å²) in [6.07, 6.45) is 0.862. The molecule has 0 saturated carbocycles. The molecule has 3 nitrogen and oxygen atoms in total. The van der Waals surface area contributed by atoms with E-state index in [1.54, 1.807) is 6.07 Å². The predicted molar refractivity (Wildman–Crippen MR) is 51.2 cm³/mol. The SMILES string of the molecule is CC1CC(NN)c2cc(F)ccc2O1. The molecule has 0 amide bonds. The lowest BCUT2D eigenvalue weighted by molar-refractivity contribution is 0.166. The molecule has 4 heteroatoms. The van der Waals surface area contributed by atoms with Crippen LogP contribution in [0.3, 0.4) is 0 Å². The molecule has 0 spiro atoms. The molecule has 0 aromatic heterocycles. The first-order chi connectivity index (χ1) is 6.70. The number of nitrogens with two attached hydrogens (primary N) is 1. The van der Waals surface area contributed by atoms with E-state index in [1.165, 1.54) is 12.1 Å². The molecule has 1 heterocycles. The Balaban J connectivity index is 2.41. The number of hydrogen-bond donors (Lipinski definition) is 2. The normalized spacial score (nSPS) is 25.4. The van der Waals surface area contributed by atoms with Gasteiger partial charge in [0.05, 0.1) is 12.1 Å². The number of benzene rings is 1. The number of nitrogens with one attached hydrogen (secondary N) is 1. The van der Waals surface area contributed by atoms with Crippen LogP contribution in [0.4, 0.5) is 4.39 Å². The zero-order valence-electron chi connectivity index (χ0n) is 7.96. The van der Waals surface area contributed by atoms with Crippen molar-refractivity contribution in [3.05, 3.63) is 29.6 Å². The lowest BCUT2D eigenvalue weighted by atomic mass is 9.97. The minimum atomic E-state index is -0.262. The second-order valence-corrected chi connectivity index (χ2v) is 3.57. The van der Waals surface area contributed by atoms with Crippen LogP contribution in [0.25, 0.3) is 0 Å². The molecular formula is C10H13FN2O. The van der Waals surface area contributed by atoms with Crippen LogP contribution in [-0.2, 0) is 0 Å². The van der Waals surface area contributed by atoms with Gasteiger partial charge in [0, 0.05) is 12.0 Å². The lowest BCUT2D eigenvalue weighted by Crippen LogP contribution is -2.35. The standard InChI is InChI=1S/C10H13FN2O/c1-6-4-9(13-12)8-5-7(11)2-3-10(8)14-6/h2-3,5-6,9,13H,4,12H2,1H3. The maximum absolute atomic E-state index is 13.0. The monoisotopic (exact) mass is 196 g/mol. The number of hydrazine groups is 1. The van der Waals surface area contributed by atoms with Gasteiger partial charge in [0.1, 0.15) is 11.6 Å². The van der Waals surface area contributed by atoms with Crippen molar-refractivity contribution >= 4 is 0 Å². The van der Waals surface area contributed by atoms with Crippen LogP contribution in [0, 0.1) is 5.82 Å². The third-order valence-corrected chi connectivity index (χ3v) is 2.44. The Hall–Kier alpha value is -1.13. The van der Waals surface area contributed by atoms with Gasteiger partial charge in [-0.25, -0.2) is 4.39 Å². The van der Waals surface area contributed by atoms with E-state index in [1.807, 2.05) is 6.92 Å². The molecule has 0 fully saturated rings. The van der Waals surface area contributed by atoms with Crippen molar-refractivity contribution in [3.63, 3.8) is 0 Å². The molecule has 2 unspecified atom stereocenters. The molecule has 1 aromatic carbocycles. The molecule has 76 valence electrons. The summed E-state index contributed by atoms with van der Waals surface area (Å²) in [5.41, 5.74) is 3.47. The van der Waals surface area contributed by atoms with Crippen LogP contribution in [0.1, 0.15) is 24.9 Å². The molecular weight excluding hydrogens is 183 g/mol. The molecule has 2 rings (SSSR count). The molecule has 0 radical (unpaired) electrons. The van der Waals surface area contributed by atoms with Crippen LogP contribution in [0.5, 0.6) is 5.75 Å². The summed E-state index contributed by atoms with van der Waals surface area (Å²) in [6.45, 7) is 1.97. The third kappa shape index (κ3) is 1.58. The quantitative estimate of drug-likeness (QED) is 0.528. The summed E-state index contributed by atoms with van der Waals surface area (Å²) in [6, 6.07) is 4.48. The first-order valence-electron chi connectivity index (χ1n) is 4.63. The fourth-order valence-corrected chi connectivity index (χ4v) is 1.78. The summed E-state index contributed by atoms with van der Waals surface area (Å²) < 4.78 is 18.5. The van der Waals surface area contributed by atoms with E-state index in [0.29, 0.717) is 5.75 Å². The maximum atomic E-state index is 13.0. The number of rotatable bonds is 1. The predicted octanol–water partition coefficient (Wildman–Crippen LogP) is 1.50. The van der Waals surface area contributed by atoms with Crippen molar-refractivity contribution in [2.45, 2.75) is 25.5 Å². The zero-order chi connectivity index (χ0) is 10.1. The van der Waals surface area contributed by atoms with Gasteiger partial charge < -0.3 is 4.74 Å². The molecule has 3 N–H and O–H groups in total. The fraction of sp³-hybridized carbons (Fsp3) is 0.400. The summed E-state index contributed by atoms with van der Waals surface area (Å²) in [5, 5.41) is 0. The first-order valence-corrected chi connectivity index (χ1v) is 4.63. The Kier molecular flexibility index (Phi) is 2.39. The minimum absolute atomic E-state index is 0.0237. The van der Waals surface area contributed by atoms with Gasteiger partial charge in [-0.2, -0.15) is 0 Å². The zero-order valence-corrected chi connectivity index (χ0v) is 7.96. The van der Waals surface area contributed by atoms with Crippen LogP contribution < -0.4 is 16.0 Å². The molecule has 0 saturated heterocycles. The Morgan fingerprint density at radius 2 is 2.36 bits per heavy atom. The van der Waals surface area contributed by atoms with Crippen LogP contribution in [0.2, 0.25) is 0 Å². The average Bonchev–Trinajstić information content (AvgIpc) is 2.17. The molecule has 0 bridgehead atoms. The summed E-state index contributed by atoms with van der Waals surface area (Å²) in [7, 11) is 0. The highest BCUT2D eigenvalue weighted by atomic mass is 19.1. The van der Waals surface area contributed by atoms with Gasteiger partial charge in [-0.3, -0.25) is 11.3 Å². The second-order valence-electron chi connectivity index (χ2n) is 3.57. The van der Waals surface area contributed by atoms with Gasteiger partial charge in [0.25, 0.3) is 0 Å². The Labute approximate surface area is 82.0 Å². The van der Waals surface area contributed by atoms with E-state index >= 15 is 0 Å². The fourth-order valence-electron chi connectivity index (χ4n) is 1.78. The molecule has 1 aromatic rings. The summed E-state index contributed by atoms with van der Waals surface area (Å²) in [5.74, 6) is 5.86. The minimum Gasteiger partial charge on any atom is -0.490 e. The van der Waals surface area contributed by atoms with Crippen molar-refractivity contribution in [1.29, 1.82) is 0 Å². The van der Waals surface area contributed by atoms with E-state index in [0.717, 1.165) is 12.0 Å². The van der Waals surface area contributed by atoms with Gasteiger partial charge in [0.15, 0.2) is 0 Å². The third-order valence-electron chi connectivity index (χ3n) is 2.44. The highest BCUT2D eigenvalue weighted by molar-refractivity contribution is 5.38. The van der Waals surface area contributed by atoms with Gasteiger partial charge in [-0.1, -0.05) is 0 Å². The average molecular weight is 196 g/mol. The molecule has 2 atom stereocenters. The van der Waals surface area contributed by atoms with Crippen molar-refractivity contribution in [2.75, 3.05) is 0 Å². The van der Waals surface area contributed by atoms with E-state index in [4.69, 9.17) is 10.6 Å². The van der Waals surface area contributed by atoms with Gasteiger partial charge in [0.2, 0.25) is 0 Å². The van der Waals surface area contributed by atoms with Crippen LogP contribution in [0.15, 0.2) is 18.2 Å². The van der Waals surface area contributed by atoms with E-state index < -0.39 is 0 Å². The smallest absolute Gasteiger partial charge is 0.124 e. The molecule has 14 heavy (non-hydrogen) atoms. The van der Waals surface area contributed by atoms with Crippen molar-refractivity contribution in [3.8, 4) is 5.75 Å². The van der Waals surface area contributed by atoms with E-state index in [9.17, 15) is 4.39 Å². The highest BCUT2D eigenvalue weighted by Gasteiger charge is 2.25. The molecule has 1 aliphatic heterocycles. The van der Waals surface area contributed by atoms with Crippen molar-refractivity contribution in [1.82, 2.24) is 5.43 Å². The van der Waals surface area contributed by atoms with Gasteiger partial charge in [-0.05, 0) is 25.1 Å². The topological polar surface area (TPSA) is 47.3 Å².